The van der Waals surface area contributed by atoms with Crippen LogP contribution in [0.1, 0.15) is 79.1 Å². The summed E-state index contributed by atoms with van der Waals surface area (Å²) < 4.78 is 13.1. The number of hydrogen-bond donors (Lipinski definition) is 2. The molecule has 5 nitrogen and oxygen atoms in total. The lowest BCUT2D eigenvalue weighted by Crippen LogP contribution is -2.61. The molecule has 6 unspecified atom stereocenters. The van der Waals surface area contributed by atoms with Gasteiger partial charge in [0.2, 0.25) is 0 Å². The molecule has 2 heterocycles. The zero-order valence-corrected chi connectivity index (χ0v) is 20.3. The lowest BCUT2D eigenvalue weighted by Gasteiger charge is -2.61. The standard InChI is InChI=1S/C27H42O5/c1-14-5-8-27(31-13-14)15(2)24-22(32-27)11-19-17-10-21(29)20-9-16(28)6-7-25(20,3)18(17)12-23(30)26(19,24)4/h14-22,24,28-29H,5-13H2,1-4H3/t14-,15+,16+,17?,18?,19?,20-,21+,22?,24?,25-,26-,27?/m1/s1. The van der Waals surface area contributed by atoms with Crippen molar-refractivity contribution in [3.05, 3.63) is 0 Å². The fraction of sp³-hybridized carbons (Fsp3) is 0.963. The first-order valence-corrected chi connectivity index (χ1v) is 13.3. The van der Waals surface area contributed by atoms with E-state index < -0.39 is 5.79 Å². The molecular weight excluding hydrogens is 404 g/mol. The third-order valence-electron chi connectivity index (χ3n) is 11.8. The van der Waals surface area contributed by atoms with Gasteiger partial charge in [-0.1, -0.05) is 27.7 Å². The molecule has 1 spiro atoms. The molecule has 4 saturated carbocycles. The molecule has 0 aromatic carbocycles. The predicted octanol–water partition coefficient (Wildman–Crippen LogP) is 3.94. The summed E-state index contributed by atoms with van der Waals surface area (Å²) in [5, 5.41) is 21.5. The minimum atomic E-state index is -0.504. The molecule has 0 radical (unpaired) electrons. The van der Waals surface area contributed by atoms with Gasteiger partial charge in [-0.25, -0.2) is 0 Å². The van der Waals surface area contributed by atoms with Gasteiger partial charge in [0, 0.05) is 30.1 Å². The van der Waals surface area contributed by atoms with E-state index in [1.54, 1.807) is 0 Å². The monoisotopic (exact) mass is 446 g/mol. The second-order valence-electron chi connectivity index (χ2n) is 13.1. The lowest BCUT2D eigenvalue weighted by atomic mass is 9.43. The number of ether oxygens (including phenoxy) is 2. The van der Waals surface area contributed by atoms with E-state index in [1.165, 1.54) is 0 Å². The number of carbonyl (C=O) groups is 1. The SMILES string of the molecule is C[C@@H]1CCC2(OC1)OC1CC3C4C[C@H](O)[C@H]5C[C@@H](O)CC[C@]5(C)C4CC(=O)[C@]3(C)C1[C@@H]2C. The summed E-state index contributed by atoms with van der Waals surface area (Å²) in [6, 6.07) is 0. The molecule has 2 aliphatic heterocycles. The minimum absolute atomic E-state index is 0.0490. The molecule has 0 bridgehead atoms. The molecule has 180 valence electrons. The fourth-order valence-electron chi connectivity index (χ4n) is 9.97. The highest BCUT2D eigenvalue weighted by atomic mass is 16.7. The largest absolute Gasteiger partial charge is 0.393 e. The van der Waals surface area contributed by atoms with Crippen molar-refractivity contribution in [1.29, 1.82) is 0 Å². The number of carbonyl (C=O) groups excluding carboxylic acids is 1. The van der Waals surface area contributed by atoms with E-state index in [9.17, 15) is 15.0 Å². The molecule has 6 aliphatic rings. The van der Waals surface area contributed by atoms with Crippen molar-refractivity contribution in [3.63, 3.8) is 0 Å². The quantitative estimate of drug-likeness (QED) is 0.589. The van der Waals surface area contributed by atoms with Crippen LogP contribution in [-0.4, -0.2) is 46.7 Å². The van der Waals surface area contributed by atoms with Crippen molar-refractivity contribution in [2.24, 2.45) is 52.3 Å². The van der Waals surface area contributed by atoms with Gasteiger partial charge in [0.15, 0.2) is 5.79 Å². The average molecular weight is 447 g/mol. The van der Waals surface area contributed by atoms with E-state index in [0.29, 0.717) is 36.4 Å². The van der Waals surface area contributed by atoms with Crippen molar-refractivity contribution < 1.29 is 24.5 Å². The molecular formula is C27H42O5. The predicted molar refractivity (Wildman–Crippen MR) is 120 cm³/mol. The number of aliphatic hydroxyl groups is 2. The molecule has 5 heteroatoms. The molecule has 32 heavy (non-hydrogen) atoms. The van der Waals surface area contributed by atoms with Crippen LogP contribution in [0.2, 0.25) is 0 Å². The first-order chi connectivity index (χ1) is 15.1. The molecule has 0 amide bonds. The van der Waals surface area contributed by atoms with E-state index in [0.717, 1.165) is 45.1 Å². The second-order valence-corrected chi connectivity index (χ2v) is 13.1. The van der Waals surface area contributed by atoms with Gasteiger partial charge in [-0.05, 0) is 73.5 Å². The Labute approximate surface area is 192 Å². The van der Waals surface area contributed by atoms with Crippen LogP contribution in [0, 0.1) is 52.3 Å². The lowest BCUT2D eigenvalue weighted by molar-refractivity contribution is -0.273. The molecule has 6 rings (SSSR count). The Morgan fingerprint density at radius 3 is 2.47 bits per heavy atom. The van der Waals surface area contributed by atoms with Gasteiger partial charge < -0.3 is 19.7 Å². The third-order valence-corrected chi connectivity index (χ3v) is 11.8. The highest BCUT2D eigenvalue weighted by molar-refractivity contribution is 5.87. The summed E-state index contributed by atoms with van der Waals surface area (Å²) in [5.74, 6) is 2.02. The third kappa shape index (κ3) is 2.69. The number of aliphatic hydroxyl groups excluding tert-OH is 2. The molecule has 4 aliphatic carbocycles. The van der Waals surface area contributed by atoms with Crippen molar-refractivity contribution in [3.8, 4) is 0 Å². The van der Waals surface area contributed by atoms with Gasteiger partial charge in [-0.2, -0.15) is 0 Å². The maximum atomic E-state index is 14.0. The molecule has 2 N–H and O–H groups in total. The molecule has 13 atom stereocenters. The van der Waals surface area contributed by atoms with Gasteiger partial charge in [0.25, 0.3) is 0 Å². The molecule has 0 aromatic rings. The summed E-state index contributed by atoms with van der Waals surface area (Å²) in [7, 11) is 0. The maximum Gasteiger partial charge on any atom is 0.171 e. The summed E-state index contributed by atoms with van der Waals surface area (Å²) in [5.41, 5.74) is -0.426. The van der Waals surface area contributed by atoms with Crippen LogP contribution >= 0.6 is 0 Å². The highest BCUT2D eigenvalue weighted by Gasteiger charge is 2.72. The molecule has 0 aromatic heterocycles. The van der Waals surface area contributed by atoms with Crippen molar-refractivity contribution in [2.75, 3.05) is 6.61 Å². The van der Waals surface area contributed by atoms with E-state index in [2.05, 4.69) is 27.7 Å². The Morgan fingerprint density at radius 1 is 0.969 bits per heavy atom. The van der Waals surface area contributed by atoms with E-state index in [4.69, 9.17) is 9.47 Å². The van der Waals surface area contributed by atoms with Gasteiger partial charge in [0.05, 0.1) is 24.9 Å². The summed E-state index contributed by atoms with van der Waals surface area (Å²) >= 11 is 0. The summed E-state index contributed by atoms with van der Waals surface area (Å²) in [4.78, 5) is 14.0. The minimum Gasteiger partial charge on any atom is -0.393 e. The second kappa shape index (κ2) is 7.02. The average Bonchev–Trinajstić information content (AvgIpc) is 3.19. The smallest absolute Gasteiger partial charge is 0.171 e. The van der Waals surface area contributed by atoms with Crippen LogP contribution in [0.15, 0.2) is 0 Å². The van der Waals surface area contributed by atoms with Gasteiger partial charge >= 0.3 is 0 Å². The van der Waals surface area contributed by atoms with Crippen LogP contribution in [-0.2, 0) is 14.3 Å². The van der Waals surface area contributed by atoms with Crippen LogP contribution in [0.25, 0.3) is 0 Å². The van der Waals surface area contributed by atoms with Crippen LogP contribution in [0.4, 0.5) is 0 Å². The highest BCUT2D eigenvalue weighted by Crippen LogP contribution is 2.70. The van der Waals surface area contributed by atoms with Crippen LogP contribution in [0.5, 0.6) is 0 Å². The normalized spacial score (nSPS) is 61.8. The van der Waals surface area contributed by atoms with Gasteiger partial charge in [-0.15, -0.1) is 0 Å². The number of Topliss-reactive ketones (excluding diaryl/α,β-unsaturated/α-hetero) is 1. The zero-order chi connectivity index (χ0) is 22.6. The van der Waals surface area contributed by atoms with Crippen LogP contribution < -0.4 is 0 Å². The zero-order valence-electron chi connectivity index (χ0n) is 20.3. The molecule has 2 saturated heterocycles. The van der Waals surface area contributed by atoms with Crippen LogP contribution in [0.3, 0.4) is 0 Å². The van der Waals surface area contributed by atoms with Crippen molar-refractivity contribution in [2.45, 2.75) is 103 Å². The number of fused-ring (bicyclic) bond motifs is 7. The van der Waals surface area contributed by atoms with Crippen molar-refractivity contribution >= 4 is 5.78 Å². The fourth-order valence-corrected chi connectivity index (χ4v) is 9.97. The Morgan fingerprint density at radius 2 is 1.75 bits per heavy atom. The Balaban J connectivity index is 1.32. The Bertz CT molecular complexity index is 789. The Hall–Kier alpha value is -0.490. The number of hydrogen-bond acceptors (Lipinski definition) is 5. The van der Waals surface area contributed by atoms with Crippen molar-refractivity contribution in [1.82, 2.24) is 0 Å². The van der Waals surface area contributed by atoms with Gasteiger partial charge in [0.1, 0.15) is 5.78 Å². The summed E-state index contributed by atoms with van der Waals surface area (Å²) in [6.45, 7) is 9.79. The molecule has 6 fully saturated rings. The first-order valence-electron chi connectivity index (χ1n) is 13.3. The van der Waals surface area contributed by atoms with E-state index >= 15 is 0 Å². The maximum absolute atomic E-state index is 14.0. The number of rotatable bonds is 0. The van der Waals surface area contributed by atoms with Gasteiger partial charge in [-0.3, -0.25) is 4.79 Å². The number of ketones is 1. The summed E-state index contributed by atoms with van der Waals surface area (Å²) in [6.07, 6.45) is 6.20. The van der Waals surface area contributed by atoms with E-state index in [1.807, 2.05) is 0 Å². The topological polar surface area (TPSA) is 76.0 Å². The Kier molecular flexibility index (Phi) is 4.83. The first kappa shape index (κ1) is 22.0. The van der Waals surface area contributed by atoms with E-state index in [-0.39, 0.29) is 52.8 Å².